The van der Waals surface area contributed by atoms with Gasteiger partial charge >= 0.3 is 0 Å². The Bertz CT molecular complexity index is 86.0. The summed E-state index contributed by atoms with van der Waals surface area (Å²) in [5, 5.41) is 0. The molecule has 1 radical (unpaired) electrons. The Labute approximate surface area is 85.1 Å². The summed E-state index contributed by atoms with van der Waals surface area (Å²) in [7, 11) is 0. The molecule has 0 amide bonds. The van der Waals surface area contributed by atoms with Crippen LogP contribution in [0.15, 0.2) is 0 Å². The fourth-order valence-corrected chi connectivity index (χ4v) is 1.70. The van der Waals surface area contributed by atoms with E-state index in [1.165, 1.54) is 51.4 Å². The summed E-state index contributed by atoms with van der Waals surface area (Å²) in [6.07, 6.45) is 13.5. The second-order valence-electron chi connectivity index (χ2n) is 4.23. The molecule has 1 atom stereocenters. The summed E-state index contributed by atoms with van der Waals surface area (Å²) in [6.45, 7) is 6.91. The molecule has 0 aromatic rings. The molecule has 0 rings (SSSR count). The van der Waals surface area contributed by atoms with Crippen LogP contribution in [0.3, 0.4) is 0 Å². The number of hydrogen-bond donors (Lipinski definition) is 0. The van der Waals surface area contributed by atoms with Crippen molar-refractivity contribution in [3.05, 3.63) is 6.42 Å². The first kappa shape index (κ1) is 13.0. The van der Waals surface area contributed by atoms with Crippen LogP contribution in [0, 0.1) is 12.3 Å². The molecule has 0 heterocycles. The lowest BCUT2D eigenvalue weighted by Crippen LogP contribution is -1.94. The molecule has 0 nitrogen and oxygen atoms in total. The van der Waals surface area contributed by atoms with Gasteiger partial charge in [0.05, 0.1) is 0 Å². The molecule has 0 spiro atoms. The zero-order valence-corrected chi connectivity index (χ0v) is 9.81. The molecule has 0 fully saturated rings. The molecular weight excluding hydrogens is 156 g/mol. The maximum Gasteiger partial charge on any atom is -0.0389 e. The van der Waals surface area contributed by atoms with E-state index in [1.807, 2.05) is 0 Å². The van der Waals surface area contributed by atoms with Gasteiger partial charge in [0.25, 0.3) is 0 Å². The monoisotopic (exact) mass is 183 g/mol. The third kappa shape index (κ3) is 9.92. The van der Waals surface area contributed by atoms with Gasteiger partial charge in [-0.05, 0) is 12.3 Å². The minimum absolute atomic E-state index is 0.955. The molecule has 0 heteroatoms. The van der Waals surface area contributed by atoms with E-state index < -0.39 is 0 Å². The highest BCUT2D eigenvalue weighted by atomic mass is 14.1. The maximum atomic E-state index is 2.40. The quantitative estimate of drug-likeness (QED) is 0.442. The zero-order valence-electron chi connectivity index (χ0n) is 9.81. The fourth-order valence-electron chi connectivity index (χ4n) is 1.70. The van der Waals surface area contributed by atoms with Crippen molar-refractivity contribution in [3.63, 3.8) is 0 Å². The van der Waals surface area contributed by atoms with Crippen molar-refractivity contribution < 1.29 is 0 Å². The van der Waals surface area contributed by atoms with Crippen LogP contribution < -0.4 is 0 Å². The molecular formula is C13H27. The van der Waals surface area contributed by atoms with E-state index in [2.05, 4.69) is 27.2 Å². The van der Waals surface area contributed by atoms with Crippen LogP contribution >= 0.6 is 0 Å². The molecule has 0 aliphatic heterocycles. The van der Waals surface area contributed by atoms with Crippen molar-refractivity contribution in [1.29, 1.82) is 0 Å². The minimum atomic E-state index is 0.955. The van der Waals surface area contributed by atoms with Gasteiger partial charge in [0.2, 0.25) is 0 Å². The van der Waals surface area contributed by atoms with Gasteiger partial charge in [0, 0.05) is 0 Å². The lowest BCUT2D eigenvalue weighted by Gasteiger charge is -2.09. The van der Waals surface area contributed by atoms with Gasteiger partial charge < -0.3 is 0 Å². The van der Waals surface area contributed by atoms with Gasteiger partial charge in [-0.2, -0.15) is 0 Å². The fraction of sp³-hybridized carbons (Fsp3) is 0.923. The molecule has 0 N–H and O–H groups in total. The topological polar surface area (TPSA) is 0 Å². The Hall–Kier alpha value is 0. The standard InChI is InChI=1S/C13H27/c1-4-6-8-10-12-13(3)11-9-7-5-2/h6,13H,4-5,7-12H2,1-3H3. The SMILES string of the molecule is CC[CH]CCCC(C)CCCCC. The van der Waals surface area contributed by atoms with Crippen molar-refractivity contribution in [3.8, 4) is 0 Å². The van der Waals surface area contributed by atoms with Crippen LogP contribution in [-0.4, -0.2) is 0 Å². The summed E-state index contributed by atoms with van der Waals surface area (Å²) in [5.41, 5.74) is 0. The van der Waals surface area contributed by atoms with Gasteiger partial charge in [0.15, 0.2) is 0 Å². The Morgan fingerprint density at radius 2 is 1.69 bits per heavy atom. The Morgan fingerprint density at radius 1 is 1.00 bits per heavy atom. The Kier molecular flexibility index (Phi) is 10.1. The first-order valence-corrected chi connectivity index (χ1v) is 6.12. The van der Waals surface area contributed by atoms with Crippen molar-refractivity contribution in [1.82, 2.24) is 0 Å². The zero-order chi connectivity index (χ0) is 9.94. The average Bonchev–Trinajstić information content (AvgIpc) is 2.13. The van der Waals surface area contributed by atoms with Crippen molar-refractivity contribution >= 4 is 0 Å². The van der Waals surface area contributed by atoms with Crippen LogP contribution in [0.5, 0.6) is 0 Å². The molecule has 0 bridgehead atoms. The first-order valence-electron chi connectivity index (χ1n) is 6.12. The van der Waals surface area contributed by atoms with E-state index in [4.69, 9.17) is 0 Å². The molecule has 79 valence electrons. The third-order valence-corrected chi connectivity index (χ3v) is 2.69. The van der Waals surface area contributed by atoms with Gasteiger partial charge in [-0.25, -0.2) is 0 Å². The Balaban J connectivity index is 3.05. The molecule has 0 aromatic carbocycles. The highest BCUT2D eigenvalue weighted by Gasteiger charge is 2.00. The van der Waals surface area contributed by atoms with Crippen molar-refractivity contribution in [2.45, 2.75) is 72.1 Å². The minimum Gasteiger partial charge on any atom is -0.0654 e. The summed E-state index contributed by atoms with van der Waals surface area (Å²) in [6, 6.07) is 0. The molecule has 0 aromatic heterocycles. The van der Waals surface area contributed by atoms with Crippen LogP contribution in [-0.2, 0) is 0 Å². The smallest absolute Gasteiger partial charge is 0.0389 e. The van der Waals surface area contributed by atoms with E-state index >= 15 is 0 Å². The van der Waals surface area contributed by atoms with E-state index in [0.29, 0.717) is 0 Å². The maximum absolute atomic E-state index is 2.40. The summed E-state index contributed by atoms with van der Waals surface area (Å²) in [5.74, 6) is 0.955. The van der Waals surface area contributed by atoms with Crippen LogP contribution in [0.25, 0.3) is 0 Å². The van der Waals surface area contributed by atoms with E-state index in [9.17, 15) is 0 Å². The van der Waals surface area contributed by atoms with Crippen molar-refractivity contribution in [2.75, 3.05) is 0 Å². The van der Waals surface area contributed by atoms with Crippen molar-refractivity contribution in [2.24, 2.45) is 5.92 Å². The highest BCUT2D eigenvalue weighted by Crippen LogP contribution is 2.16. The highest BCUT2D eigenvalue weighted by molar-refractivity contribution is 4.63. The molecule has 0 saturated heterocycles. The summed E-state index contributed by atoms with van der Waals surface area (Å²) >= 11 is 0. The van der Waals surface area contributed by atoms with Gasteiger partial charge in [-0.1, -0.05) is 72.1 Å². The lowest BCUT2D eigenvalue weighted by molar-refractivity contribution is 0.449. The largest absolute Gasteiger partial charge is 0.0654 e. The van der Waals surface area contributed by atoms with Crippen LogP contribution in [0.1, 0.15) is 72.1 Å². The summed E-state index contributed by atoms with van der Waals surface area (Å²) < 4.78 is 0. The van der Waals surface area contributed by atoms with E-state index in [-0.39, 0.29) is 0 Å². The second kappa shape index (κ2) is 10.1. The first-order chi connectivity index (χ1) is 6.31. The molecule has 0 aliphatic rings. The average molecular weight is 183 g/mol. The lowest BCUT2D eigenvalue weighted by atomic mass is 9.97. The number of rotatable bonds is 9. The normalized spacial score (nSPS) is 13.2. The van der Waals surface area contributed by atoms with Gasteiger partial charge in [0.1, 0.15) is 0 Å². The molecule has 13 heavy (non-hydrogen) atoms. The predicted molar refractivity (Wildman–Crippen MR) is 61.7 cm³/mol. The van der Waals surface area contributed by atoms with Gasteiger partial charge in [-0.15, -0.1) is 0 Å². The van der Waals surface area contributed by atoms with E-state index in [0.717, 1.165) is 5.92 Å². The molecule has 0 aliphatic carbocycles. The van der Waals surface area contributed by atoms with E-state index in [1.54, 1.807) is 0 Å². The van der Waals surface area contributed by atoms with Gasteiger partial charge in [-0.3, -0.25) is 0 Å². The Morgan fingerprint density at radius 3 is 2.31 bits per heavy atom. The molecule has 0 saturated carbocycles. The van der Waals surface area contributed by atoms with Crippen LogP contribution in [0.2, 0.25) is 0 Å². The second-order valence-corrected chi connectivity index (χ2v) is 4.23. The van der Waals surface area contributed by atoms with Crippen LogP contribution in [0.4, 0.5) is 0 Å². The number of hydrogen-bond acceptors (Lipinski definition) is 0. The predicted octanol–water partition coefficient (Wildman–Crippen LogP) is 4.99. The summed E-state index contributed by atoms with van der Waals surface area (Å²) in [4.78, 5) is 0. The molecule has 1 unspecified atom stereocenters. The number of unbranched alkanes of at least 4 members (excludes halogenated alkanes) is 5. The third-order valence-electron chi connectivity index (χ3n) is 2.69.